The summed E-state index contributed by atoms with van der Waals surface area (Å²) < 4.78 is 12.2. The van der Waals surface area contributed by atoms with Crippen LogP contribution in [0.25, 0.3) is 0 Å². The van der Waals surface area contributed by atoms with Gasteiger partial charge < -0.3 is 19.7 Å². The lowest BCUT2D eigenvalue weighted by Crippen LogP contribution is -2.53. The standard InChI is InChI=1S/C30H33BrN2O4/c1-36-27-13-7-10-23(18-27)20-33(29(34)21-37-26-16-14-24(31)15-17-26)28(19-22-8-3-2-4-9-22)30(35)32-25-11-5-6-12-25/h2-4,7-10,13-18,25,28H,5-6,11-12,19-21H2,1H3,(H,32,35)/t28-/m1/s1. The van der Waals surface area contributed by atoms with Crippen LogP contribution in [0.15, 0.2) is 83.3 Å². The van der Waals surface area contributed by atoms with Crippen molar-refractivity contribution in [3.63, 3.8) is 0 Å². The lowest BCUT2D eigenvalue weighted by Gasteiger charge is -2.32. The van der Waals surface area contributed by atoms with Crippen LogP contribution in [-0.2, 0) is 22.6 Å². The van der Waals surface area contributed by atoms with Crippen molar-refractivity contribution in [2.24, 2.45) is 0 Å². The second-order valence-corrected chi connectivity index (χ2v) is 10.2. The Morgan fingerprint density at radius 1 is 0.946 bits per heavy atom. The SMILES string of the molecule is COc1cccc(CN(C(=O)COc2ccc(Br)cc2)[C@H](Cc2ccccc2)C(=O)NC2CCCC2)c1. The molecule has 0 unspecified atom stereocenters. The van der Waals surface area contributed by atoms with Gasteiger partial charge in [0.25, 0.3) is 5.91 Å². The summed E-state index contributed by atoms with van der Waals surface area (Å²) in [6.07, 6.45) is 4.58. The number of nitrogens with zero attached hydrogens (tertiary/aromatic N) is 1. The summed E-state index contributed by atoms with van der Waals surface area (Å²) in [4.78, 5) is 29.0. The molecule has 0 bridgehead atoms. The van der Waals surface area contributed by atoms with Gasteiger partial charge in [0, 0.05) is 23.5 Å². The number of hydrogen-bond acceptors (Lipinski definition) is 4. The molecule has 3 aromatic rings. The maximum Gasteiger partial charge on any atom is 0.261 e. The largest absolute Gasteiger partial charge is 0.497 e. The number of rotatable bonds is 11. The van der Waals surface area contributed by atoms with Crippen LogP contribution >= 0.6 is 15.9 Å². The van der Waals surface area contributed by atoms with E-state index in [0.29, 0.717) is 17.9 Å². The van der Waals surface area contributed by atoms with Gasteiger partial charge in [0.1, 0.15) is 17.5 Å². The average Bonchev–Trinajstić information content (AvgIpc) is 3.44. The highest BCUT2D eigenvalue weighted by molar-refractivity contribution is 9.10. The van der Waals surface area contributed by atoms with Crippen LogP contribution in [0.3, 0.4) is 0 Å². The van der Waals surface area contributed by atoms with Crippen LogP contribution in [0.4, 0.5) is 0 Å². The molecular weight excluding hydrogens is 532 g/mol. The molecule has 0 saturated heterocycles. The first-order valence-corrected chi connectivity index (χ1v) is 13.5. The second kappa shape index (κ2) is 13.3. The Balaban J connectivity index is 1.61. The topological polar surface area (TPSA) is 67.9 Å². The third-order valence-electron chi connectivity index (χ3n) is 6.64. The fraction of sp³-hybridized carbons (Fsp3) is 0.333. The molecule has 7 heteroatoms. The highest BCUT2D eigenvalue weighted by atomic mass is 79.9. The molecule has 0 heterocycles. The molecule has 1 aliphatic carbocycles. The fourth-order valence-electron chi connectivity index (χ4n) is 4.65. The van der Waals surface area contributed by atoms with Gasteiger partial charge >= 0.3 is 0 Å². The average molecular weight is 566 g/mol. The highest BCUT2D eigenvalue weighted by Crippen LogP contribution is 2.22. The third-order valence-corrected chi connectivity index (χ3v) is 7.16. The lowest BCUT2D eigenvalue weighted by molar-refractivity contribution is -0.143. The zero-order valence-corrected chi connectivity index (χ0v) is 22.7. The molecule has 37 heavy (non-hydrogen) atoms. The molecule has 0 radical (unpaired) electrons. The summed E-state index contributed by atoms with van der Waals surface area (Å²) in [6, 6.07) is 24.2. The van der Waals surface area contributed by atoms with E-state index in [4.69, 9.17) is 9.47 Å². The molecule has 6 nitrogen and oxygen atoms in total. The van der Waals surface area contributed by atoms with E-state index < -0.39 is 6.04 Å². The Kier molecular flexibility index (Phi) is 9.60. The lowest BCUT2D eigenvalue weighted by atomic mass is 10.0. The van der Waals surface area contributed by atoms with Crippen LogP contribution in [0.2, 0.25) is 0 Å². The summed E-state index contributed by atoms with van der Waals surface area (Å²) in [6.45, 7) is 0.0862. The van der Waals surface area contributed by atoms with Gasteiger partial charge in [0.05, 0.1) is 7.11 Å². The van der Waals surface area contributed by atoms with Crippen LogP contribution < -0.4 is 14.8 Å². The molecule has 1 aliphatic rings. The van der Waals surface area contributed by atoms with Gasteiger partial charge in [-0.05, 0) is 60.4 Å². The maximum absolute atomic E-state index is 13.7. The number of halogens is 1. The number of carbonyl (C=O) groups excluding carboxylic acids is 2. The van der Waals surface area contributed by atoms with E-state index in [9.17, 15) is 9.59 Å². The number of hydrogen-bond donors (Lipinski definition) is 1. The predicted molar refractivity (Wildman–Crippen MR) is 148 cm³/mol. The van der Waals surface area contributed by atoms with Crippen molar-refractivity contribution < 1.29 is 19.1 Å². The molecule has 0 aromatic heterocycles. The number of carbonyl (C=O) groups is 2. The zero-order chi connectivity index (χ0) is 26.0. The van der Waals surface area contributed by atoms with Crippen LogP contribution in [0, 0.1) is 0 Å². The van der Waals surface area contributed by atoms with E-state index in [-0.39, 0.29) is 31.0 Å². The van der Waals surface area contributed by atoms with Gasteiger partial charge in [-0.1, -0.05) is 71.2 Å². The minimum Gasteiger partial charge on any atom is -0.497 e. The van der Waals surface area contributed by atoms with Crippen molar-refractivity contribution in [1.29, 1.82) is 0 Å². The molecule has 194 valence electrons. The van der Waals surface area contributed by atoms with E-state index in [2.05, 4.69) is 21.2 Å². The van der Waals surface area contributed by atoms with Gasteiger partial charge in [-0.2, -0.15) is 0 Å². The summed E-state index contributed by atoms with van der Waals surface area (Å²) in [7, 11) is 1.61. The van der Waals surface area contributed by atoms with Crippen molar-refractivity contribution in [1.82, 2.24) is 10.2 Å². The van der Waals surface area contributed by atoms with Crippen LogP contribution in [0.1, 0.15) is 36.8 Å². The Labute approximate surface area is 227 Å². The predicted octanol–water partition coefficient (Wildman–Crippen LogP) is 5.54. The molecular formula is C30H33BrN2O4. The number of nitrogens with one attached hydrogen (secondary N) is 1. The van der Waals surface area contributed by atoms with E-state index in [1.807, 2.05) is 66.7 Å². The van der Waals surface area contributed by atoms with Crippen molar-refractivity contribution in [2.75, 3.05) is 13.7 Å². The van der Waals surface area contributed by atoms with Gasteiger partial charge in [0.15, 0.2) is 6.61 Å². The Morgan fingerprint density at radius 2 is 1.65 bits per heavy atom. The number of ether oxygens (including phenoxy) is 2. The summed E-state index contributed by atoms with van der Waals surface area (Å²) >= 11 is 3.41. The molecule has 1 atom stereocenters. The maximum atomic E-state index is 13.7. The molecule has 1 N–H and O–H groups in total. The Hall–Kier alpha value is -3.32. The quantitative estimate of drug-likeness (QED) is 0.332. The van der Waals surface area contributed by atoms with Crippen LogP contribution in [-0.4, -0.2) is 42.5 Å². The molecule has 1 saturated carbocycles. The Bertz CT molecular complexity index is 1160. The molecule has 2 amide bonds. The highest BCUT2D eigenvalue weighted by Gasteiger charge is 2.32. The van der Waals surface area contributed by atoms with Gasteiger partial charge in [-0.3, -0.25) is 9.59 Å². The minimum absolute atomic E-state index is 0.129. The summed E-state index contributed by atoms with van der Waals surface area (Å²) in [5, 5.41) is 3.22. The number of methoxy groups -OCH3 is 1. The molecule has 0 aliphatic heterocycles. The van der Waals surface area contributed by atoms with Crippen molar-refractivity contribution in [3.05, 3.63) is 94.5 Å². The summed E-state index contributed by atoms with van der Waals surface area (Å²) in [5.74, 6) is 0.905. The van der Waals surface area contributed by atoms with Gasteiger partial charge in [-0.15, -0.1) is 0 Å². The first kappa shape index (κ1) is 26.7. The molecule has 3 aromatic carbocycles. The van der Waals surface area contributed by atoms with E-state index in [1.54, 1.807) is 24.1 Å². The van der Waals surface area contributed by atoms with Gasteiger partial charge in [-0.25, -0.2) is 0 Å². The Morgan fingerprint density at radius 3 is 2.35 bits per heavy atom. The summed E-state index contributed by atoms with van der Waals surface area (Å²) in [5.41, 5.74) is 1.87. The normalized spacial score (nSPS) is 14.1. The fourth-order valence-corrected chi connectivity index (χ4v) is 4.91. The molecule has 0 spiro atoms. The van der Waals surface area contributed by atoms with E-state index >= 15 is 0 Å². The van der Waals surface area contributed by atoms with E-state index in [1.165, 1.54) is 0 Å². The van der Waals surface area contributed by atoms with Crippen molar-refractivity contribution in [3.8, 4) is 11.5 Å². The van der Waals surface area contributed by atoms with Crippen LogP contribution in [0.5, 0.6) is 11.5 Å². The third kappa shape index (κ3) is 7.83. The smallest absolute Gasteiger partial charge is 0.261 e. The first-order chi connectivity index (χ1) is 18.0. The number of benzene rings is 3. The molecule has 1 fully saturated rings. The monoisotopic (exact) mass is 564 g/mol. The van der Waals surface area contributed by atoms with E-state index in [0.717, 1.165) is 41.3 Å². The van der Waals surface area contributed by atoms with Gasteiger partial charge in [0.2, 0.25) is 5.91 Å². The zero-order valence-electron chi connectivity index (χ0n) is 21.1. The first-order valence-electron chi connectivity index (χ1n) is 12.7. The minimum atomic E-state index is -0.685. The second-order valence-electron chi connectivity index (χ2n) is 9.31. The molecule has 4 rings (SSSR count). The van der Waals surface area contributed by atoms with Crippen molar-refractivity contribution in [2.45, 2.75) is 50.7 Å². The number of amides is 2. The van der Waals surface area contributed by atoms with Crippen molar-refractivity contribution >= 4 is 27.7 Å².